The molecule has 0 radical (unpaired) electrons. The number of ether oxygens (including phenoxy) is 2. The standard InChI is InChI=1S/C17H23NO3/c1-13-10-18(11-14(2)21-13)12-16-9-15(5-4-8-19)6-7-17(16)20-3/h6-7,9,13-14,19H,8,10-12H2,1-3H3/t13-,14+. The molecule has 2 atom stereocenters. The monoisotopic (exact) mass is 289 g/mol. The highest BCUT2D eigenvalue weighted by Gasteiger charge is 2.22. The molecule has 0 spiro atoms. The van der Waals surface area contributed by atoms with Gasteiger partial charge in [-0.05, 0) is 32.0 Å². The van der Waals surface area contributed by atoms with E-state index in [0.717, 1.165) is 36.5 Å². The van der Waals surface area contributed by atoms with Crippen molar-refractivity contribution in [3.8, 4) is 17.6 Å². The van der Waals surface area contributed by atoms with E-state index in [-0.39, 0.29) is 18.8 Å². The summed E-state index contributed by atoms with van der Waals surface area (Å²) >= 11 is 0. The average Bonchev–Trinajstić information content (AvgIpc) is 2.44. The van der Waals surface area contributed by atoms with Crippen molar-refractivity contribution in [2.24, 2.45) is 0 Å². The average molecular weight is 289 g/mol. The van der Waals surface area contributed by atoms with E-state index in [1.807, 2.05) is 18.2 Å². The molecule has 2 rings (SSSR count). The Bertz CT molecular complexity index is 523. The van der Waals surface area contributed by atoms with E-state index < -0.39 is 0 Å². The maximum atomic E-state index is 8.80. The molecule has 114 valence electrons. The number of morpholine rings is 1. The van der Waals surface area contributed by atoms with Gasteiger partial charge in [0.1, 0.15) is 12.4 Å². The molecule has 0 amide bonds. The van der Waals surface area contributed by atoms with Crippen LogP contribution in [-0.4, -0.2) is 49.0 Å². The molecular weight excluding hydrogens is 266 g/mol. The summed E-state index contributed by atoms with van der Waals surface area (Å²) in [7, 11) is 1.68. The van der Waals surface area contributed by atoms with Crippen LogP contribution in [0.2, 0.25) is 0 Å². The Kier molecular flexibility index (Phi) is 5.63. The van der Waals surface area contributed by atoms with Crippen LogP contribution < -0.4 is 4.74 Å². The van der Waals surface area contributed by atoms with Crippen molar-refractivity contribution in [1.82, 2.24) is 4.90 Å². The summed E-state index contributed by atoms with van der Waals surface area (Å²) in [5.74, 6) is 6.49. The second kappa shape index (κ2) is 7.46. The van der Waals surface area contributed by atoms with Crippen LogP contribution >= 0.6 is 0 Å². The van der Waals surface area contributed by atoms with Crippen molar-refractivity contribution in [2.45, 2.75) is 32.6 Å². The van der Waals surface area contributed by atoms with Crippen LogP contribution in [0.4, 0.5) is 0 Å². The van der Waals surface area contributed by atoms with Gasteiger partial charge in [-0.15, -0.1) is 0 Å². The topological polar surface area (TPSA) is 41.9 Å². The zero-order valence-electron chi connectivity index (χ0n) is 12.9. The molecule has 1 aliphatic rings. The fourth-order valence-corrected chi connectivity index (χ4v) is 2.78. The lowest BCUT2D eigenvalue weighted by Gasteiger charge is -2.35. The highest BCUT2D eigenvalue weighted by atomic mass is 16.5. The Morgan fingerprint density at radius 3 is 2.67 bits per heavy atom. The molecule has 1 aromatic carbocycles. The van der Waals surface area contributed by atoms with E-state index in [9.17, 15) is 0 Å². The van der Waals surface area contributed by atoms with Gasteiger partial charge in [0.15, 0.2) is 0 Å². The first kappa shape index (κ1) is 15.8. The first-order valence-electron chi connectivity index (χ1n) is 7.27. The largest absolute Gasteiger partial charge is 0.496 e. The van der Waals surface area contributed by atoms with E-state index in [1.165, 1.54) is 0 Å². The van der Waals surface area contributed by atoms with E-state index in [2.05, 4.69) is 30.6 Å². The van der Waals surface area contributed by atoms with Crippen molar-refractivity contribution >= 4 is 0 Å². The van der Waals surface area contributed by atoms with Crippen LogP contribution in [0.15, 0.2) is 18.2 Å². The van der Waals surface area contributed by atoms with Crippen LogP contribution in [0.1, 0.15) is 25.0 Å². The van der Waals surface area contributed by atoms with Gasteiger partial charge < -0.3 is 14.6 Å². The number of nitrogens with zero attached hydrogens (tertiary/aromatic N) is 1. The first-order valence-corrected chi connectivity index (χ1v) is 7.27. The molecule has 1 N–H and O–H groups in total. The van der Waals surface area contributed by atoms with Crippen molar-refractivity contribution in [1.29, 1.82) is 0 Å². The Balaban J connectivity index is 2.16. The molecule has 0 aromatic heterocycles. The van der Waals surface area contributed by atoms with E-state index in [0.29, 0.717) is 0 Å². The number of methoxy groups -OCH3 is 1. The molecule has 0 aliphatic carbocycles. The number of aliphatic hydroxyl groups is 1. The molecule has 0 saturated carbocycles. The summed E-state index contributed by atoms with van der Waals surface area (Å²) in [5.41, 5.74) is 2.01. The smallest absolute Gasteiger partial charge is 0.123 e. The van der Waals surface area contributed by atoms with Crippen LogP contribution in [-0.2, 0) is 11.3 Å². The van der Waals surface area contributed by atoms with Crippen LogP contribution in [0.5, 0.6) is 5.75 Å². The molecule has 0 unspecified atom stereocenters. The summed E-state index contributed by atoms with van der Waals surface area (Å²) in [4.78, 5) is 2.37. The molecule has 1 aliphatic heterocycles. The number of rotatable bonds is 3. The van der Waals surface area contributed by atoms with Crippen molar-refractivity contribution in [3.63, 3.8) is 0 Å². The summed E-state index contributed by atoms with van der Waals surface area (Å²) in [5, 5.41) is 8.80. The maximum absolute atomic E-state index is 8.80. The Hall–Kier alpha value is -1.54. The van der Waals surface area contributed by atoms with Gasteiger partial charge in [0.2, 0.25) is 0 Å². The summed E-state index contributed by atoms with van der Waals surface area (Å²) in [6.45, 7) is 6.72. The van der Waals surface area contributed by atoms with E-state index >= 15 is 0 Å². The number of hydrogen-bond acceptors (Lipinski definition) is 4. The van der Waals surface area contributed by atoms with Crippen LogP contribution in [0.25, 0.3) is 0 Å². The number of benzene rings is 1. The predicted octanol–water partition coefficient (Wildman–Crippen LogP) is 1.65. The lowest BCUT2D eigenvalue weighted by molar-refractivity contribution is -0.0706. The SMILES string of the molecule is COc1ccc(C#CCO)cc1CN1C[C@@H](C)O[C@@H](C)C1. The van der Waals surface area contributed by atoms with Crippen LogP contribution in [0.3, 0.4) is 0 Å². The molecule has 1 fully saturated rings. The summed E-state index contributed by atoms with van der Waals surface area (Å²) in [6, 6.07) is 5.88. The molecule has 21 heavy (non-hydrogen) atoms. The maximum Gasteiger partial charge on any atom is 0.123 e. The fraction of sp³-hybridized carbons (Fsp3) is 0.529. The molecule has 0 bridgehead atoms. The minimum atomic E-state index is -0.125. The van der Waals surface area contributed by atoms with Crippen LogP contribution in [0, 0.1) is 11.8 Å². The third kappa shape index (κ3) is 4.47. The van der Waals surface area contributed by atoms with Gasteiger partial charge in [-0.1, -0.05) is 11.8 Å². The predicted molar refractivity (Wildman–Crippen MR) is 82.2 cm³/mol. The second-order valence-electron chi connectivity index (χ2n) is 5.44. The third-order valence-electron chi connectivity index (χ3n) is 3.48. The zero-order chi connectivity index (χ0) is 15.2. The van der Waals surface area contributed by atoms with Gasteiger partial charge in [0, 0.05) is 30.8 Å². The molecular formula is C17H23NO3. The summed E-state index contributed by atoms with van der Waals surface area (Å²) < 4.78 is 11.2. The van der Waals surface area contributed by atoms with Gasteiger partial charge in [0.25, 0.3) is 0 Å². The molecule has 4 nitrogen and oxygen atoms in total. The van der Waals surface area contributed by atoms with Crippen molar-refractivity contribution in [3.05, 3.63) is 29.3 Å². The van der Waals surface area contributed by atoms with E-state index in [4.69, 9.17) is 14.6 Å². The third-order valence-corrected chi connectivity index (χ3v) is 3.48. The number of hydrogen-bond donors (Lipinski definition) is 1. The Morgan fingerprint density at radius 2 is 2.05 bits per heavy atom. The quantitative estimate of drug-likeness (QED) is 0.859. The fourth-order valence-electron chi connectivity index (χ4n) is 2.78. The molecule has 4 heteroatoms. The highest BCUT2D eigenvalue weighted by molar-refractivity contribution is 5.44. The van der Waals surface area contributed by atoms with Gasteiger partial charge >= 0.3 is 0 Å². The summed E-state index contributed by atoms with van der Waals surface area (Å²) in [6.07, 6.45) is 0.495. The Labute approximate surface area is 126 Å². The lowest BCUT2D eigenvalue weighted by atomic mass is 10.1. The first-order chi connectivity index (χ1) is 10.1. The van der Waals surface area contributed by atoms with Gasteiger partial charge in [-0.3, -0.25) is 4.90 Å². The minimum Gasteiger partial charge on any atom is -0.496 e. The van der Waals surface area contributed by atoms with Gasteiger partial charge in [-0.2, -0.15) is 0 Å². The molecule has 1 heterocycles. The minimum absolute atomic E-state index is 0.125. The molecule has 1 saturated heterocycles. The van der Waals surface area contributed by atoms with E-state index in [1.54, 1.807) is 7.11 Å². The highest BCUT2D eigenvalue weighted by Crippen LogP contribution is 2.23. The normalized spacial score (nSPS) is 22.5. The molecule has 1 aromatic rings. The van der Waals surface area contributed by atoms with Gasteiger partial charge in [-0.25, -0.2) is 0 Å². The van der Waals surface area contributed by atoms with Crippen molar-refractivity contribution in [2.75, 3.05) is 26.8 Å². The van der Waals surface area contributed by atoms with Crippen molar-refractivity contribution < 1.29 is 14.6 Å². The zero-order valence-corrected chi connectivity index (χ0v) is 12.9. The number of aliphatic hydroxyl groups excluding tert-OH is 1. The lowest BCUT2D eigenvalue weighted by Crippen LogP contribution is -2.44. The van der Waals surface area contributed by atoms with Gasteiger partial charge in [0.05, 0.1) is 19.3 Å². The Morgan fingerprint density at radius 1 is 1.33 bits per heavy atom. The second-order valence-corrected chi connectivity index (χ2v) is 5.44.